The van der Waals surface area contributed by atoms with Crippen LogP contribution in [0.25, 0.3) is 11.3 Å². The summed E-state index contributed by atoms with van der Waals surface area (Å²) in [7, 11) is 0. The van der Waals surface area contributed by atoms with Gasteiger partial charge in [0.15, 0.2) is 0 Å². The van der Waals surface area contributed by atoms with Crippen molar-refractivity contribution in [3.8, 4) is 11.3 Å². The summed E-state index contributed by atoms with van der Waals surface area (Å²) in [6.07, 6.45) is 5.12. The lowest BCUT2D eigenvalue weighted by Crippen LogP contribution is -2.12. The summed E-state index contributed by atoms with van der Waals surface area (Å²) in [5, 5.41) is 6.34. The Morgan fingerprint density at radius 2 is 2.13 bits per heavy atom. The molecule has 6 heteroatoms. The van der Waals surface area contributed by atoms with E-state index < -0.39 is 0 Å². The van der Waals surface area contributed by atoms with Crippen LogP contribution in [0.2, 0.25) is 0 Å². The Labute approximate surface area is 137 Å². The standard InChI is InChI=1S/C17H15FN4S/c1-2-20-17-22(21-11-13-6-5-9-19-10-13)16(12-23-17)14-7-3-4-8-15(14)18/h3-12H,2H2,1H3/b20-17?,21-11-. The number of thiazole rings is 1. The van der Waals surface area contributed by atoms with Gasteiger partial charge in [0.25, 0.3) is 0 Å². The highest BCUT2D eigenvalue weighted by Crippen LogP contribution is 2.23. The molecule has 0 aliphatic carbocycles. The molecule has 0 aliphatic rings. The fraction of sp³-hybridized carbons (Fsp3) is 0.118. The van der Waals surface area contributed by atoms with E-state index in [1.807, 2.05) is 30.5 Å². The number of pyridine rings is 1. The summed E-state index contributed by atoms with van der Waals surface area (Å²) < 4.78 is 15.8. The maximum Gasteiger partial charge on any atom is 0.206 e. The van der Waals surface area contributed by atoms with Crippen molar-refractivity contribution < 1.29 is 4.39 Å². The third kappa shape index (κ3) is 3.43. The highest BCUT2D eigenvalue weighted by molar-refractivity contribution is 7.07. The Bertz CT molecular complexity index is 881. The van der Waals surface area contributed by atoms with Crippen molar-refractivity contribution in [1.29, 1.82) is 0 Å². The van der Waals surface area contributed by atoms with Crippen LogP contribution in [0, 0.1) is 5.82 Å². The molecule has 0 saturated heterocycles. The molecule has 0 unspecified atom stereocenters. The van der Waals surface area contributed by atoms with Gasteiger partial charge in [-0.25, -0.2) is 9.07 Å². The number of rotatable bonds is 4. The van der Waals surface area contributed by atoms with Gasteiger partial charge >= 0.3 is 0 Å². The van der Waals surface area contributed by atoms with Gasteiger partial charge in [-0.1, -0.05) is 18.2 Å². The summed E-state index contributed by atoms with van der Waals surface area (Å²) in [4.78, 5) is 9.21. The molecular weight excluding hydrogens is 311 g/mol. The molecule has 0 spiro atoms. The molecular formula is C17H15FN4S. The van der Waals surface area contributed by atoms with Crippen molar-refractivity contribution in [2.24, 2.45) is 10.1 Å². The Morgan fingerprint density at radius 3 is 2.87 bits per heavy atom. The number of aromatic nitrogens is 2. The zero-order chi connectivity index (χ0) is 16.1. The molecule has 23 heavy (non-hydrogen) atoms. The van der Waals surface area contributed by atoms with Gasteiger partial charge in [-0.15, -0.1) is 11.3 Å². The van der Waals surface area contributed by atoms with Crippen molar-refractivity contribution >= 4 is 17.6 Å². The molecule has 3 rings (SSSR count). The third-order valence-corrected chi connectivity index (χ3v) is 3.99. The first kappa shape index (κ1) is 15.3. The maximum atomic E-state index is 14.1. The Morgan fingerprint density at radius 1 is 1.26 bits per heavy atom. The maximum absolute atomic E-state index is 14.1. The van der Waals surface area contributed by atoms with Gasteiger partial charge in [0.1, 0.15) is 5.82 Å². The van der Waals surface area contributed by atoms with Crippen LogP contribution in [0.5, 0.6) is 0 Å². The average Bonchev–Trinajstić information content (AvgIpc) is 2.97. The fourth-order valence-corrected chi connectivity index (χ4v) is 2.98. The first-order chi connectivity index (χ1) is 11.3. The van der Waals surface area contributed by atoms with Crippen LogP contribution in [0.3, 0.4) is 0 Å². The zero-order valence-electron chi connectivity index (χ0n) is 12.6. The van der Waals surface area contributed by atoms with E-state index in [2.05, 4.69) is 15.1 Å². The normalized spacial score (nSPS) is 12.2. The molecule has 0 fully saturated rings. The molecule has 0 aliphatic heterocycles. The molecule has 4 nitrogen and oxygen atoms in total. The van der Waals surface area contributed by atoms with Crippen molar-refractivity contribution in [2.45, 2.75) is 6.92 Å². The summed E-state index contributed by atoms with van der Waals surface area (Å²) in [5.74, 6) is -0.279. The van der Waals surface area contributed by atoms with Crippen LogP contribution in [0.1, 0.15) is 12.5 Å². The topological polar surface area (TPSA) is 42.5 Å². The Hall–Kier alpha value is -2.60. The summed E-state index contributed by atoms with van der Waals surface area (Å²) >= 11 is 1.44. The smallest absolute Gasteiger partial charge is 0.206 e. The SMILES string of the molecule is CCN=c1scc(-c2ccccc2F)n1/N=C\c1cccnc1. The molecule has 0 saturated carbocycles. The van der Waals surface area contributed by atoms with Crippen LogP contribution in [-0.4, -0.2) is 22.4 Å². The van der Waals surface area contributed by atoms with Gasteiger partial charge in [0, 0.05) is 35.4 Å². The van der Waals surface area contributed by atoms with Crippen LogP contribution in [-0.2, 0) is 0 Å². The van der Waals surface area contributed by atoms with E-state index in [4.69, 9.17) is 0 Å². The minimum absolute atomic E-state index is 0.279. The minimum Gasteiger partial charge on any atom is -0.264 e. The molecule has 116 valence electrons. The predicted octanol–water partition coefficient (Wildman–Crippen LogP) is 3.55. The van der Waals surface area contributed by atoms with Crippen molar-refractivity contribution in [3.05, 3.63) is 70.4 Å². The summed E-state index contributed by atoms with van der Waals surface area (Å²) in [5.41, 5.74) is 2.05. The number of halogens is 1. The molecule has 0 N–H and O–H groups in total. The minimum atomic E-state index is -0.279. The quantitative estimate of drug-likeness (QED) is 0.676. The van der Waals surface area contributed by atoms with E-state index in [9.17, 15) is 4.39 Å². The number of benzene rings is 1. The monoisotopic (exact) mass is 326 g/mol. The number of hydrogen-bond donors (Lipinski definition) is 0. The third-order valence-electron chi connectivity index (χ3n) is 3.14. The van der Waals surface area contributed by atoms with Gasteiger partial charge in [-0.3, -0.25) is 9.98 Å². The Balaban J connectivity index is 2.11. The molecule has 3 aromatic rings. The van der Waals surface area contributed by atoms with Crippen molar-refractivity contribution in [2.75, 3.05) is 6.54 Å². The molecule has 0 bridgehead atoms. The predicted molar refractivity (Wildman–Crippen MR) is 91.0 cm³/mol. The van der Waals surface area contributed by atoms with E-state index in [0.717, 1.165) is 10.4 Å². The lowest BCUT2D eigenvalue weighted by molar-refractivity contribution is 0.629. The lowest BCUT2D eigenvalue weighted by atomic mass is 10.1. The molecule has 1 aromatic carbocycles. The van der Waals surface area contributed by atoms with E-state index in [1.54, 1.807) is 35.4 Å². The zero-order valence-corrected chi connectivity index (χ0v) is 13.4. The van der Waals surface area contributed by atoms with E-state index in [0.29, 0.717) is 17.8 Å². The van der Waals surface area contributed by atoms with Gasteiger partial charge in [0.05, 0.1) is 11.9 Å². The van der Waals surface area contributed by atoms with Crippen LogP contribution in [0.4, 0.5) is 4.39 Å². The first-order valence-electron chi connectivity index (χ1n) is 7.20. The highest BCUT2D eigenvalue weighted by Gasteiger charge is 2.11. The van der Waals surface area contributed by atoms with Crippen LogP contribution < -0.4 is 4.80 Å². The summed E-state index contributed by atoms with van der Waals surface area (Å²) in [6.45, 7) is 2.59. The molecule has 2 heterocycles. The second-order valence-corrected chi connectivity index (χ2v) is 5.54. The number of nitrogens with zero attached hydrogens (tertiary/aromatic N) is 4. The average molecular weight is 326 g/mol. The van der Waals surface area contributed by atoms with Crippen molar-refractivity contribution in [1.82, 2.24) is 9.66 Å². The van der Waals surface area contributed by atoms with Gasteiger partial charge in [-0.05, 0) is 25.1 Å². The number of hydrogen-bond acceptors (Lipinski definition) is 4. The van der Waals surface area contributed by atoms with Gasteiger partial charge < -0.3 is 0 Å². The van der Waals surface area contributed by atoms with Crippen molar-refractivity contribution in [3.63, 3.8) is 0 Å². The summed E-state index contributed by atoms with van der Waals surface area (Å²) in [6, 6.07) is 10.4. The second kappa shape index (κ2) is 7.11. The largest absolute Gasteiger partial charge is 0.264 e. The van der Waals surface area contributed by atoms with Crippen LogP contribution in [0.15, 0.2) is 64.3 Å². The lowest BCUT2D eigenvalue weighted by Gasteiger charge is -2.04. The first-order valence-corrected chi connectivity index (χ1v) is 8.08. The van der Waals surface area contributed by atoms with E-state index in [1.165, 1.54) is 17.4 Å². The highest BCUT2D eigenvalue weighted by atomic mass is 32.1. The van der Waals surface area contributed by atoms with E-state index in [-0.39, 0.29) is 5.82 Å². The van der Waals surface area contributed by atoms with Gasteiger partial charge in [0.2, 0.25) is 4.80 Å². The second-order valence-electron chi connectivity index (χ2n) is 4.70. The molecule has 2 aromatic heterocycles. The molecule has 0 atom stereocenters. The van der Waals surface area contributed by atoms with E-state index >= 15 is 0 Å². The van der Waals surface area contributed by atoms with Crippen LogP contribution >= 0.6 is 11.3 Å². The van der Waals surface area contributed by atoms with Gasteiger partial charge in [-0.2, -0.15) is 5.10 Å². The Kier molecular flexibility index (Phi) is 4.73. The fourth-order valence-electron chi connectivity index (χ4n) is 2.09. The molecule has 0 amide bonds. The molecule has 0 radical (unpaired) electrons.